The molecular weight excluding hydrogens is 214 g/mol. The molecule has 1 aromatic rings. The lowest BCUT2D eigenvalue weighted by atomic mass is 10.2. The van der Waals surface area contributed by atoms with E-state index in [9.17, 15) is 19.7 Å². The van der Waals surface area contributed by atoms with Crippen molar-refractivity contribution in [3.05, 3.63) is 27.9 Å². The van der Waals surface area contributed by atoms with Gasteiger partial charge in [0.15, 0.2) is 0 Å². The van der Waals surface area contributed by atoms with Gasteiger partial charge in [-0.2, -0.15) is 0 Å². The fourth-order valence-electron chi connectivity index (χ4n) is 1.56. The van der Waals surface area contributed by atoms with Crippen LogP contribution in [0.2, 0.25) is 0 Å². The van der Waals surface area contributed by atoms with Crippen LogP contribution in [0.25, 0.3) is 0 Å². The third-order valence-electron chi connectivity index (χ3n) is 2.32. The van der Waals surface area contributed by atoms with E-state index in [0.717, 1.165) is 12.3 Å². The zero-order chi connectivity index (χ0) is 11.9. The van der Waals surface area contributed by atoms with Crippen LogP contribution in [-0.2, 0) is 4.79 Å². The molecule has 0 radical (unpaired) electrons. The van der Waals surface area contributed by atoms with E-state index in [1.807, 2.05) is 0 Å². The number of ketones is 1. The van der Waals surface area contributed by atoms with Gasteiger partial charge in [-0.25, -0.2) is 4.98 Å². The van der Waals surface area contributed by atoms with Crippen LogP contribution in [0, 0.1) is 10.1 Å². The second kappa shape index (κ2) is 3.37. The molecule has 0 saturated heterocycles. The highest BCUT2D eigenvalue weighted by Crippen LogP contribution is 2.28. The number of anilines is 1. The second-order valence-corrected chi connectivity index (χ2v) is 3.20. The Balaban J connectivity index is 2.58. The molecule has 1 aliphatic rings. The number of carbonyl (C=O) groups is 2. The summed E-state index contributed by atoms with van der Waals surface area (Å²) in [5, 5.41) is 10.5. The van der Waals surface area contributed by atoms with Crippen LogP contribution in [-0.4, -0.2) is 28.1 Å². The first-order valence-electron chi connectivity index (χ1n) is 4.57. The molecule has 0 unspecified atom stereocenters. The molecular formula is C9H7N3O4. The Bertz CT molecular complexity index is 511. The van der Waals surface area contributed by atoms with Crippen molar-refractivity contribution in [3.63, 3.8) is 0 Å². The van der Waals surface area contributed by atoms with Gasteiger partial charge in [0.05, 0.1) is 10.5 Å². The molecule has 0 bridgehead atoms. The molecule has 1 aliphatic heterocycles. The summed E-state index contributed by atoms with van der Waals surface area (Å²) in [6.07, 6.45) is 1.04. The summed E-state index contributed by atoms with van der Waals surface area (Å²) in [6, 6.07) is 1.08. The predicted octanol–water partition coefficient (Wildman–Crippen LogP) is 0.539. The molecule has 7 nitrogen and oxygen atoms in total. The third kappa shape index (κ3) is 1.25. The number of hydrogen-bond acceptors (Lipinski definition) is 5. The Labute approximate surface area is 89.8 Å². The van der Waals surface area contributed by atoms with Crippen LogP contribution in [0.15, 0.2) is 12.3 Å². The molecule has 0 atom stereocenters. The molecule has 0 aliphatic carbocycles. The molecule has 2 rings (SSSR count). The maximum atomic E-state index is 11.5. The van der Waals surface area contributed by atoms with Crippen molar-refractivity contribution in [2.24, 2.45) is 0 Å². The zero-order valence-corrected chi connectivity index (χ0v) is 8.34. The third-order valence-corrected chi connectivity index (χ3v) is 2.32. The van der Waals surface area contributed by atoms with Crippen molar-refractivity contribution >= 4 is 23.2 Å². The number of fused-ring (bicyclic) bond motifs is 1. The van der Waals surface area contributed by atoms with Gasteiger partial charge in [-0.05, 0) is 6.92 Å². The molecule has 0 N–H and O–H groups in total. The summed E-state index contributed by atoms with van der Waals surface area (Å²) in [6.45, 7) is 2.01. The van der Waals surface area contributed by atoms with Gasteiger partial charge in [-0.15, -0.1) is 0 Å². The number of Topliss-reactive ketones (excluding diaryl/α,β-unsaturated/α-hetero) is 1. The van der Waals surface area contributed by atoms with E-state index in [4.69, 9.17) is 0 Å². The Morgan fingerprint density at radius 2 is 2.19 bits per heavy atom. The summed E-state index contributed by atoms with van der Waals surface area (Å²) < 4.78 is 0. The minimum atomic E-state index is -0.743. The average Bonchev–Trinajstić information content (AvgIpc) is 2.51. The lowest BCUT2D eigenvalue weighted by molar-refractivity contribution is -0.385. The number of hydrogen-bond donors (Lipinski definition) is 0. The number of aromatic nitrogens is 1. The molecule has 7 heteroatoms. The lowest BCUT2D eigenvalue weighted by Gasteiger charge is -2.10. The quantitative estimate of drug-likeness (QED) is 0.412. The van der Waals surface area contributed by atoms with Crippen molar-refractivity contribution in [2.45, 2.75) is 6.92 Å². The number of carbonyl (C=O) groups excluding carboxylic acids is 2. The molecule has 1 amide bonds. The maximum Gasteiger partial charge on any atom is 0.300 e. The molecule has 82 valence electrons. The van der Waals surface area contributed by atoms with E-state index in [1.165, 1.54) is 4.90 Å². The van der Waals surface area contributed by atoms with E-state index in [-0.39, 0.29) is 17.1 Å². The topological polar surface area (TPSA) is 93.4 Å². The van der Waals surface area contributed by atoms with Gasteiger partial charge in [0.25, 0.3) is 11.5 Å². The first-order valence-corrected chi connectivity index (χ1v) is 4.57. The van der Waals surface area contributed by atoms with Gasteiger partial charge in [0, 0.05) is 12.6 Å². The van der Waals surface area contributed by atoms with E-state index in [0.29, 0.717) is 6.54 Å². The summed E-state index contributed by atoms with van der Waals surface area (Å²) in [5.41, 5.74) is -0.293. The van der Waals surface area contributed by atoms with E-state index < -0.39 is 16.6 Å². The highest BCUT2D eigenvalue weighted by Gasteiger charge is 2.37. The molecule has 16 heavy (non-hydrogen) atoms. The van der Waals surface area contributed by atoms with Crippen LogP contribution < -0.4 is 4.90 Å². The van der Waals surface area contributed by atoms with Crippen molar-refractivity contribution < 1.29 is 14.5 Å². The standard InChI is InChI=1S/C9H7N3O4/c1-2-11-8-6(7(13)9(11)14)3-5(4-10-8)12(15)16/h3-4H,2H2,1H3. The molecule has 1 aromatic heterocycles. The minimum absolute atomic E-state index is 0.000972. The van der Waals surface area contributed by atoms with Gasteiger partial charge in [0.2, 0.25) is 0 Å². The van der Waals surface area contributed by atoms with Crippen LogP contribution in [0.3, 0.4) is 0 Å². The number of rotatable bonds is 2. The van der Waals surface area contributed by atoms with Crippen LogP contribution in [0.4, 0.5) is 11.5 Å². The van der Waals surface area contributed by atoms with E-state index in [1.54, 1.807) is 6.92 Å². The van der Waals surface area contributed by atoms with E-state index >= 15 is 0 Å². The van der Waals surface area contributed by atoms with Crippen molar-refractivity contribution in [1.82, 2.24) is 4.98 Å². The van der Waals surface area contributed by atoms with Crippen LogP contribution >= 0.6 is 0 Å². The maximum absolute atomic E-state index is 11.5. The molecule has 0 saturated carbocycles. The van der Waals surface area contributed by atoms with Gasteiger partial charge in [0.1, 0.15) is 12.0 Å². The fourth-order valence-corrected chi connectivity index (χ4v) is 1.56. The number of nitro groups is 1. The Morgan fingerprint density at radius 1 is 1.50 bits per heavy atom. The monoisotopic (exact) mass is 221 g/mol. The summed E-state index contributed by atoms with van der Waals surface area (Å²) in [5.74, 6) is -1.23. The zero-order valence-electron chi connectivity index (χ0n) is 8.34. The van der Waals surface area contributed by atoms with Gasteiger partial charge in [-0.3, -0.25) is 24.6 Å². The van der Waals surface area contributed by atoms with Gasteiger partial charge in [-0.1, -0.05) is 0 Å². The van der Waals surface area contributed by atoms with E-state index in [2.05, 4.69) is 4.98 Å². The summed E-state index contributed by atoms with van der Waals surface area (Å²) >= 11 is 0. The second-order valence-electron chi connectivity index (χ2n) is 3.20. The van der Waals surface area contributed by atoms with Crippen LogP contribution in [0.1, 0.15) is 17.3 Å². The normalized spacial score (nSPS) is 14.2. The Kier molecular flexibility index (Phi) is 2.15. The van der Waals surface area contributed by atoms with Crippen molar-refractivity contribution in [2.75, 3.05) is 11.4 Å². The molecule has 2 heterocycles. The fraction of sp³-hybridized carbons (Fsp3) is 0.222. The van der Waals surface area contributed by atoms with Gasteiger partial charge >= 0.3 is 5.91 Å². The largest absolute Gasteiger partial charge is 0.300 e. The van der Waals surface area contributed by atoms with Gasteiger partial charge < -0.3 is 0 Å². The summed E-state index contributed by atoms with van der Waals surface area (Å²) in [7, 11) is 0. The molecule has 0 aromatic carbocycles. The highest BCUT2D eigenvalue weighted by molar-refractivity contribution is 6.52. The number of nitrogens with zero attached hydrogens (tertiary/aromatic N) is 3. The Hall–Kier alpha value is -2.31. The average molecular weight is 221 g/mol. The lowest BCUT2D eigenvalue weighted by Crippen LogP contribution is -2.29. The number of pyridine rings is 1. The van der Waals surface area contributed by atoms with Crippen molar-refractivity contribution in [1.29, 1.82) is 0 Å². The first kappa shape index (κ1) is 10.2. The predicted molar refractivity (Wildman–Crippen MR) is 53.2 cm³/mol. The highest BCUT2D eigenvalue weighted by atomic mass is 16.6. The number of amides is 1. The Morgan fingerprint density at radius 3 is 2.75 bits per heavy atom. The van der Waals surface area contributed by atoms with Crippen molar-refractivity contribution in [3.8, 4) is 0 Å². The first-order chi connectivity index (χ1) is 7.56. The number of likely N-dealkylation sites (N-methyl/N-ethyl adjacent to an activating group) is 1. The molecule has 0 fully saturated rings. The smallest absolute Gasteiger partial charge is 0.289 e. The van der Waals surface area contributed by atoms with Crippen LogP contribution in [0.5, 0.6) is 0 Å². The SMILES string of the molecule is CCN1C(=O)C(=O)c2cc([N+](=O)[O-])cnc21. The minimum Gasteiger partial charge on any atom is -0.289 e. The molecule has 0 spiro atoms. The summed E-state index contributed by atoms with van der Waals surface area (Å²) in [4.78, 5) is 37.7.